The molecule has 216 valence electrons. The van der Waals surface area contributed by atoms with E-state index in [4.69, 9.17) is 9.40 Å². The van der Waals surface area contributed by atoms with Gasteiger partial charge in [-0.1, -0.05) is 18.2 Å². The lowest BCUT2D eigenvalue weighted by molar-refractivity contribution is -0.144. The molecule has 0 radical (unpaired) electrons. The van der Waals surface area contributed by atoms with E-state index >= 15 is 0 Å². The van der Waals surface area contributed by atoms with Gasteiger partial charge in [-0.05, 0) is 99.8 Å². The van der Waals surface area contributed by atoms with Crippen LogP contribution >= 0.6 is 0 Å². The molecule has 1 aromatic carbocycles. The monoisotopic (exact) mass is 556 g/mol. The summed E-state index contributed by atoms with van der Waals surface area (Å²) in [7, 11) is 1.88. The first-order valence-corrected chi connectivity index (χ1v) is 15.2. The molecule has 0 spiro atoms. The number of carboxylic acids is 1. The molecule has 3 aliphatic carbocycles. The minimum absolute atomic E-state index is 0.124. The topological polar surface area (TPSA) is 109 Å². The molecule has 3 aromatic rings. The fourth-order valence-electron chi connectivity index (χ4n) is 6.63. The van der Waals surface area contributed by atoms with Crippen LogP contribution in [0.3, 0.4) is 0 Å². The van der Waals surface area contributed by atoms with Crippen LogP contribution < -0.4 is 10.2 Å². The van der Waals surface area contributed by atoms with Crippen molar-refractivity contribution in [2.75, 3.05) is 23.8 Å². The van der Waals surface area contributed by atoms with Crippen LogP contribution in [0, 0.1) is 17.8 Å². The summed E-state index contributed by atoms with van der Waals surface area (Å²) in [6.45, 7) is 0.678. The largest absolute Gasteiger partial charge is 0.481 e. The second-order valence-electron chi connectivity index (χ2n) is 12.2. The number of pyridine rings is 1. The summed E-state index contributed by atoms with van der Waals surface area (Å²) in [5.74, 6) is 1.93. The van der Waals surface area contributed by atoms with Gasteiger partial charge in [-0.25, -0.2) is 9.97 Å². The first-order valence-electron chi connectivity index (χ1n) is 15.2. The molecule has 2 heterocycles. The zero-order valence-corrected chi connectivity index (χ0v) is 23.8. The molecule has 1 amide bonds. The molecule has 3 fully saturated rings. The normalized spacial score (nSPS) is 24.5. The number of nitrogens with zero attached hydrogens (tertiary/aromatic N) is 3. The number of hydrogen-bond acceptors (Lipinski definition) is 6. The third-order valence-electron chi connectivity index (χ3n) is 9.40. The Morgan fingerprint density at radius 1 is 0.951 bits per heavy atom. The predicted molar refractivity (Wildman–Crippen MR) is 158 cm³/mol. The van der Waals surface area contributed by atoms with Crippen molar-refractivity contribution < 1.29 is 19.1 Å². The maximum Gasteiger partial charge on any atom is 0.306 e. The van der Waals surface area contributed by atoms with Gasteiger partial charge in [-0.15, -0.1) is 0 Å². The van der Waals surface area contributed by atoms with Crippen LogP contribution in [-0.2, 0) is 9.59 Å². The standard InChI is InChI=1S/C33H40N4O4/c1-34-30-16-15-27(18-35-30)22-7-5-21(6-8-22)19-37(32(38)24-11-13-25(14-12-24)33(39)40)28-4-2-3-26(17-28)29-20-41-31(36-29)23-9-10-23/h2-4,15-18,20-25H,5-14,19H2,1H3,(H,34,35)(H,39,40). The molecular formula is C33H40N4O4. The van der Waals surface area contributed by atoms with Crippen molar-refractivity contribution in [3.05, 3.63) is 60.3 Å². The van der Waals surface area contributed by atoms with Crippen molar-refractivity contribution >= 4 is 23.4 Å². The SMILES string of the molecule is CNc1ccc(C2CCC(CN(C(=O)C3CCC(C(=O)O)CC3)c3cccc(-c4coc(C5CC5)n4)c3)CC2)cn1. The highest BCUT2D eigenvalue weighted by Crippen LogP contribution is 2.41. The number of amides is 1. The molecule has 0 atom stereocenters. The lowest BCUT2D eigenvalue weighted by Crippen LogP contribution is -2.41. The van der Waals surface area contributed by atoms with Crippen molar-refractivity contribution in [3.63, 3.8) is 0 Å². The summed E-state index contributed by atoms with van der Waals surface area (Å²) in [6.07, 6.45) is 12.6. The number of nitrogens with one attached hydrogen (secondary N) is 1. The Morgan fingerprint density at radius 2 is 1.68 bits per heavy atom. The van der Waals surface area contributed by atoms with Gasteiger partial charge in [0.25, 0.3) is 0 Å². The lowest BCUT2D eigenvalue weighted by atomic mass is 9.78. The van der Waals surface area contributed by atoms with Crippen LogP contribution in [-0.4, -0.2) is 40.5 Å². The van der Waals surface area contributed by atoms with Crippen LogP contribution in [0.25, 0.3) is 11.3 Å². The van der Waals surface area contributed by atoms with Crippen molar-refractivity contribution in [2.45, 2.75) is 76.0 Å². The van der Waals surface area contributed by atoms with Crippen molar-refractivity contribution in [3.8, 4) is 11.3 Å². The first kappa shape index (κ1) is 27.5. The van der Waals surface area contributed by atoms with E-state index in [0.29, 0.717) is 50.0 Å². The number of aliphatic carboxylic acids is 1. The number of carboxylic acid groups (broad SMARTS) is 1. The Kier molecular flexibility index (Phi) is 8.08. The van der Waals surface area contributed by atoms with Crippen molar-refractivity contribution in [1.82, 2.24) is 9.97 Å². The maximum atomic E-state index is 14.1. The van der Waals surface area contributed by atoms with Gasteiger partial charge in [0.05, 0.1) is 5.92 Å². The summed E-state index contributed by atoms with van der Waals surface area (Å²) in [5, 5.41) is 12.5. The predicted octanol–water partition coefficient (Wildman–Crippen LogP) is 6.85. The number of carbonyl (C=O) groups excluding carboxylic acids is 1. The van der Waals surface area contributed by atoms with Crippen LogP contribution in [0.15, 0.2) is 53.3 Å². The van der Waals surface area contributed by atoms with E-state index in [2.05, 4.69) is 22.4 Å². The minimum atomic E-state index is -0.744. The Labute approximate surface area is 241 Å². The molecule has 8 nitrogen and oxygen atoms in total. The number of carbonyl (C=O) groups is 2. The quantitative estimate of drug-likeness (QED) is 0.297. The number of anilines is 2. The number of rotatable bonds is 9. The van der Waals surface area contributed by atoms with Crippen molar-refractivity contribution in [2.24, 2.45) is 17.8 Å². The molecular weight excluding hydrogens is 516 g/mol. The zero-order chi connectivity index (χ0) is 28.3. The summed E-state index contributed by atoms with van der Waals surface area (Å²) >= 11 is 0. The number of oxazole rings is 1. The Balaban J connectivity index is 1.19. The molecule has 0 bridgehead atoms. The maximum absolute atomic E-state index is 14.1. The van der Waals surface area contributed by atoms with Gasteiger partial charge in [-0.2, -0.15) is 0 Å². The van der Waals surface area contributed by atoms with Gasteiger partial charge >= 0.3 is 5.97 Å². The van der Waals surface area contributed by atoms with E-state index in [1.807, 2.05) is 42.4 Å². The molecule has 3 aliphatic rings. The Hall–Kier alpha value is -3.68. The van der Waals surface area contributed by atoms with Gasteiger partial charge in [0.1, 0.15) is 17.8 Å². The van der Waals surface area contributed by atoms with E-state index in [-0.39, 0.29) is 17.7 Å². The second-order valence-corrected chi connectivity index (χ2v) is 12.2. The Morgan fingerprint density at radius 3 is 2.34 bits per heavy atom. The number of benzene rings is 1. The van der Waals surface area contributed by atoms with Gasteiger partial charge in [0.15, 0.2) is 5.89 Å². The van der Waals surface area contributed by atoms with Gasteiger partial charge in [0.2, 0.25) is 5.91 Å². The Bertz CT molecular complexity index is 1350. The van der Waals surface area contributed by atoms with E-state index < -0.39 is 5.97 Å². The van der Waals surface area contributed by atoms with E-state index in [0.717, 1.165) is 67.2 Å². The molecule has 8 heteroatoms. The van der Waals surface area contributed by atoms with Crippen LogP contribution in [0.5, 0.6) is 0 Å². The average Bonchev–Trinajstić information content (AvgIpc) is 3.76. The van der Waals surface area contributed by atoms with Crippen LogP contribution in [0.4, 0.5) is 11.5 Å². The summed E-state index contributed by atoms with van der Waals surface area (Å²) < 4.78 is 5.75. The first-order chi connectivity index (χ1) is 20.0. The fraction of sp³-hybridized carbons (Fsp3) is 0.515. The number of hydrogen-bond donors (Lipinski definition) is 2. The number of aromatic nitrogens is 2. The molecule has 2 N–H and O–H groups in total. The highest BCUT2D eigenvalue weighted by atomic mass is 16.4. The molecule has 2 aromatic heterocycles. The molecule has 0 aliphatic heterocycles. The van der Waals surface area contributed by atoms with Crippen molar-refractivity contribution in [1.29, 1.82) is 0 Å². The highest BCUT2D eigenvalue weighted by molar-refractivity contribution is 5.95. The zero-order valence-electron chi connectivity index (χ0n) is 23.8. The lowest BCUT2D eigenvalue weighted by Gasteiger charge is -2.36. The molecule has 41 heavy (non-hydrogen) atoms. The molecule has 0 saturated heterocycles. The molecule has 0 unspecified atom stereocenters. The van der Waals surface area contributed by atoms with E-state index in [9.17, 15) is 14.7 Å². The van der Waals surface area contributed by atoms with Crippen LogP contribution in [0.2, 0.25) is 0 Å². The van der Waals surface area contributed by atoms with Gasteiger partial charge in [0, 0.05) is 42.9 Å². The van der Waals surface area contributed by atoms with Gasteiger partial charge in [-0.3, -0.25) is 9.59 Å². The van der Waals surface area contributed by atoms with Gasteiger partial charge < -0.3 is 19.7 Å². The van der Waals surface area contributed by atoms with Crippen LogP contribution in [0.1, 0.15) is 87.5 Å². The second kappa shape index (κ2) is 12.0. The van der Waals surface area contributed by atoms with E-state index in [1.165, 1.54) is 5.56 Å². The highest BCUT2D eigenvalue weighted by Gasteiger charge is 2.35. The summed E-state index contributed by atoms with van der Waals surface area (Å²) in [6, 6.07) is 12.3. The minimum Gasteiger partial charge on any atom is -0.481 e. The average molecular weight is 557 g/mol. The summed E-state index contributed by atoms with van der Waals surface area (Å²) in [4.78, 5) is 36.8. The van der Waals surface area contributed by atoms with E-state index in [1.54, 1.807) is 6.26 Å². The molecule has 6 rings (SSSR count). The summed E-state index contributed by atoms with van der Waals surface area (Å²) in [5.41, 5.74) is 3.93. The smallest absolute Gasteiger partial charge is 0.306 e. The third-order valence-corrected chi connectivity index (χ3v) is 9.40. The fourth-order valence-corrected chi connectivity index (χ4v) is 6.63. The molecule has 3 saturated carbocycles. The third kappa shape index (κ3) is 6.31.